The third-order valence-corrected chi connectivity index (χ3v) is 4.54. The third-order valence-electron chi connectivity index (χ3n) is 2.86. The Kier molecular flexibility index (Phi) is 3.56. The van der Waals surface area contributed by atoms with Crippen LogP contribution in [-0.4, -0.2) is 26.6 Å². The lowest BCUT2D eigenvalue weighted by Crippen LogP contribution is -2.32. The molecule has 0 saturated heterocycles. The van der Waals surface area contributed by atoms with Crippen LogP contribution >= 0.6 is 0 Å². The van der Waals surface area contributed by atoms with Gasteiger partial charge in [0.25, 0.3) is 0 Å². The van der Waals surface area contributed by atoms with Gasteiger partial charge in [-0.1, -0.05) is 12.1 Å². The molecule has 18 heavy (non-hydrogen) atoms. The molecule has 0 spiro atoms. The zero-order chi connectivity index (χ0) is 13.2. The maximum absolute atomic E-state index is 12.0. The van der Waals surface area contributed by atoms with Crippen LogP contribution in [0.25, 0.3) is 0 Å². The van der Waals surface area contributed by atoms with E-state index in [4.69, 9.17) is 5.73 Å². The highest BCUT2D eigenvalue weighted by molar-refractivity contribution is 7.92. The van der Waals surface area contributed by atoms with E-state index in [9.17, 15) is 13.2 Å². The summed E-state index contributed by atoms with van der Waals surface area (Å²) in [5, 5.41) is 2.63. The maximum atomic E-state index is 12.0. The number of nitrogen functional groups attached to an aromatic ring is 1. The average molecular weight is 268 g/mol. The molecule has 3 N–H and O–H groups in total. The van der Waals surface area contributed by atoms with Gasteiger partial charge in [0.1, 0.15) is 5.75 Å². The topological polar surface area (TPSA) is 89.3 Å². The van der Waals surface area contributed by atoms with E-state index in [-0.39, 0.29) is 10.6 Å². The Hall–Kier alpha value is -1.56. The molecule has 1 aliphatic carbocycles. The number of nitrogens with one attached hydrogen (secondary N) is 1. The maximum Gasteiger partial charge on any atom is 0.235 e. The first-order chi connectivity index (χ1) is 8.49. The average Bonchev–Trinajstić information content (AvgIpc) is 3.10. The van der Waals surface area contributed by atoms with Gasteiger partial charge < -0.3 is 11.1 Å². The molecule has 1 aromatic carbocycles. The number of carbonyl (C=O) groups is 1. The van der Waals surface area contributed by atoms with Crippen LogP contribution in [0.3, 0.4) is 0 Å². The third kappa shape index (κ3) is 3.22. The number of rotatable bonds is 5. The predicted octanol–water partition coefficient (Wildman–Crippen LogP) is 0.569. The molecule has 98 valence electrons. The zero-order valence-electron chi connectivity index (χ0n) is 9.93. The molecule has 0 bridgehead atoms. The highest BCUT2D eigenvalue weighted by Gasteiger charge is 2.24. The van der Waals surface area contributed by atoms with Crippen molar-refractivity contribution in [2.45, 2.75) is 17.7 Å². The minimum Gasteiger partial charge on any atom is -0.398 e. The second kappa shape index (κ2) is 4.97. The van der Waals surface area contributed by atoms with Crippen LogP contribution in [0.15, 0.2) is 29.2 Å². The molecule has 0 aromatic heterocycles. The van der Waals surface area contributed by atoms with Crippen LogP contribution in [0.1, 0.15) is 12.8 Å². The number of benzene rings is 1. The van der Waals surface area contributed by atoms with Crippen LogP contribution in [0.2, 0.25) is 0 Å². The van der Waals surface area contributed by atoms with Gasteiger partial charge >= 0.3 is 0 Å². The van der Waals surface area contributed by atoms with Gasteiger partial charge in [-0.2, -0.15) is 0 Å². The minimum absolute atomic E-state index is 0.0200. The van der Waals surface area contributed by atoms with Gasteiger partial charge in [-0.05, 0) is 30.9 Å². The largest absolute Gasteiger partial charge is 0.398 e. The van der Waals surface area contributed by atoms with Crippen molar-refractivity contribution in [3.63, 3.8) is 0 Å². The van der Waals surface area contributed by atoms with E-state index in [0.717, 1.165) is 12.8 Å². The van der Waals surface area contributed by atoms with Gasteiger partial charge in [-0.25, -0.2) is 8.42 Å². The molecule has 1 aromatic rings. The fourth-order valence-electron chi connectivity index (χ4n) is 1.65. The van der Waals surface area contributed by atoms with E-state index in [1.165, 1.54) is 12.1 Å². The quantitative estimate of drug-likeness (QED) is 0.764. The van der Waals surface area contributed by atoms with E-state index in [1.54, 1.807) is 12.1 Å². The van der Waals surface area contributed by atoms with Gasteiger partial charge in [0, 0.05) is 6.54 Å². The van der Waals surface area contributed by atoms with Crippen LogP contribution in [0.5, 0.6) is 0 Å². The van der Waals surface area contributed by atoms with Crippen molar-refractivity contribution in [3.8, 4) is 0 Å². The standard InChI is InChI=1S/C12H16N2O3S/c13-10-3-1-2-4-11(10)18(16,17)8-12(15)14-7-9-5-6-9/h1-4,9H,5-8,13H2,(H,14,15). The Bertz CT molecular complexity index is 550. The lowest BCUT2D eigenvalue weighted by Gasteiger charge is -2.07. The lowest BCUT2D eigenvalue weighted by atomic mass is 10.3. The molecule has 0 atom stereocenters. The van der Waals surface area contributed by atoms with E-state index in [2.05, 4.69) is 5.32 Å². The molecule has 1 fully saturated rings. The SMILES string of the molecule is Nc1ccccc1S(=O)(=O)CC(=O)NCC1CC1. The molecular formula is C12H16N2O3S. The van der Waals surface area contributed by atoms with Crippen LogP contribution < -0.4 is 11.1 Å². The number of nitrogens with two attached hydrogens (primary N) is 1. The van der Waals surface area contributed by atoms with Crippen molar-refractivity contribution >= 4 is 21.4 Å². The van der Waals surface area contributed by atoms with Crippen LogP contribution in [0, 0.1) is 5.92 Å². The Labute approximate surface area is 106 Å². The summed E-state index contributed by atoms with van der Waals surface area (Å²) < 4.78 is 24.0. The van der Waals surface area contributed by atoms with E-state index in [1.807, 2.05) is 0 Å². The summed E-state index contributed by atoms with van der Waals surface area (Å²) in [5.74, 6) is -0.489. The summed E-state index contributed by atoms with van der Waals surface area (Å²) in [6, 6.07) is 6.17. The van der Waals surface area contributed by atoms with Crippen molar-refractivity contribution in [1.82, 2.24) is 5.32 Å². The normalized spacial score (nSPS) is 15.3. The molecule has 6 heteroatoms. The number of sulfone groups is 1. The fraction of sp³-hybridized carbons (Fsp3) is 0.417. The van der Waals surface area contributed by atoms with E-state index >= 15 is 0 Å². The Morgan fingerprint density at radius 2 is 2.00 bits per heavy atom. The summed E-state index contributed by atoms with van der Waals surface area (Å²) >= 11 is 0. The van der Waals surface area contributed by atoms with Crippen LogP contribution in [0.4, 0.5) is 5.69 Å². The number of carbonyl (C=O) groups excluding carboxylic acids is 1. The first-order valence-corrected chi connectivity index (χ1v) is 7.48. The van der Waals surface area contributed by atoms with Crippen molar-refractivity contribution in [3.05, 3.63) is 24.3 Å². The molecule has 1 aliphatic rings. The second-order valence-corrected chi connectivity index (χ2v) is 6.50. The molecule has 0 aliphatic heterocycles. The monoisotopic (exact) mass is 268 g/mol. The fourth-order valence-corrected chi connectivity index (χ4v) is 2.96. The molecule has 0 unspecified atom stereocenters. The number of amides is 1. The first kappa shape index (κ1) is 12.9. The molecule has 2 rings (SSSR count). The highest BCUT2D eigenvalue weighted by Crippen LogP contribution is 2.27. The smallest absolute Gasteiger partial charge is 0.235 e. The predicted molar refractivity (Wildman–Crippen MR) is 68.6 cm³/mol. The summed E-state index contributed by atoms with van der Waals surface area (Å²) in [7, 11) is -3.65. The number of para-hydroxylation sites is 1. The Morgan fingerprint density at radius 1 is 1.33 bits per heavy atom. The second-order valence-electron chi connectivity index (χ2n) is 4.54. The van der Waals surface area contributed by atoms with Gasteiger partial charge in [0.05, 0.1) is 10.6 Å². The van der Waals surface area contributed by atoms with Gasteiger partial charge in [-0.15, -0.1) is 0 Å². The Balaban J connectivity index is 2.02. The molecular weight excluding hydrogens is 252 g/mol. The molecule has 1 amide bonds. The van der Waals surface area contributed by atoms with Crippen molar-refractivity contribution in [2.75, 3.05) is 18.0 Å². The number of hydrogen-bond acceptors (Lipinski definition) is 4. The zero-order valence-corrected chi connectivity index (χ0v) is 10.7. The van der Waals surface area contributed by atoms with Gasteiger partial charge in [0.2, 0.25) is 5.91 Å². The molecule has 0 heterocycles. The summed E-state index contributed by atoms with van der Waals surface area (Å²) in [4.78, 5) is 11.6. The lowest BCUT2D eigenvalue weighted by molar-refractivity contribution is -0.118. The van der Waals surface area contributed by atoms with Gasteiger partial charge in [-0.3, -0.25) is 4.79 Å². The Morgan fingerprint density at radius 3 is 2.61 bits per heavy atom. The molecule has 0 radical (unpaired) electrons. The van der Waals surface area contributed by atoms with Crippen molar-refractivity contribution in [1.29, 1.82) is 0 Å². The minimum atomic E-state index is -3.65. The number of hydrogen-bond donors (Lipinski definition) is 2. The van der Waals surface area contributed by atoms with E-state index in [0.29, 0.717) is 12.5 Å². The van der Waals surface area contributed by atoms with Gasteiger partial charge in [0.15, 0.2) is 9.84 Å². The molecule has 5 nitrogen and oxygen atoms in total. The van der Waals surface area contributed by atoms with Crippen molar-refractivity contribution in [2.24, 2.45) is 5.92 Å². The molecule has 1 saturated carbocycles. The number of anilines is 1. The van der Waals surface area contributed by atoms with Crippen molar-refractivity contribution < 1.29 is 13.2 Å². The van der Waals surface area contributed by atoms with E-state index < -0.39 is 21.5 Å². The highest BCUT2D eigenvalue weighted by atomic mass is 32.2. The first-order valence-electron chi connectivity index (χ1n) is 5.83. The summed E-state index contributed by atoms with van der Waals surface area (Å²) in [6.45, 7) is 0.568. The summed E-state index contributed by atoms with van der Waals surface area (Å²) in [6.07, 6.45) is 2.22. The summed E-state index contributed by atoms with van der Waals surface area (Å²) in [5.41, 5.74) is 5.78. The van der Waals surface area contributed by atoms with Crippen LogP contribution in [-0.2, 0) is 14.6 Å².